The number of amides is 1. The average Bonchev–Trinajstić information content (AvgIpc) is 2.35. The van der Waals surface area contributed by atoms with E-state index in [-0.39, 0.29) is 11.3 Å². The summed E-state index contributed by atoms with van der Waals surface area (Å²) in [5.74, 6) is -0.0690. The molecule has 0 radical (unpaired) electrons. The normalized spacial score (nSPS) is 11.3. The van der Waals surface area contributed by atoms with Gasteiger partial charge in [-0.15, -0.1) is 0 Å². The largest absolute Gasteiger partial charge is 0.399 e. The Hall–Kier alpha value is -1.55. The van der Waals surface area contributed by atoms with E-state index >= 15 is 0 Å². The lowest BCUT2D eigenvalue weighted by atomic mass is 9.89. The lowest BCUT2D eigenvalue weighted by molar-refractivity contribution is 0.0921. The van der Waals surface area contributed by atoms with Crippen molar-refractivity contribution < 1.29 is 9.53 Å². The van der Waals surface area contributed by atoms with Gasteiger partial charge in [0, 0.05) is 31.5 Å². The molecule has 0 saturated carbocycles. The number of hydrogen-bond donors (Lipinski definition) is 2. The second kappa shape index (κ2) is 6.40. The molecule has 18 heavy (non-hydrogen) atoms. The number of methoxy groups -OCH3 is 1. The maximum absolute atomic E-state index is 11.9. The van der Waals surface area contributed by atoms with E-state index in [2.05, 4.69) is 19.2 Å². The minimum absolute atomic E-state index is 0.0273. The highest BCUT2D eigenvalue weighted by molar-refractivity contribution is 5.94. The van der Waals surface area contributed by atoms with Gasteiger partial charge in [0.15, 0.2) is 0 Å². The van der Waals surface area contributed by atoms with Crippen LogP contribution in [0.1, 0.15) is 30.6 Å². The highest BCUT2D eigenvalue weighted by Gasteiger charge is 2.18. The Labute approximate surface area is 109 Å². The molecule has 4 nitrogen and oxygen atoms in total. The molecule has 1 rings (SSSR count). The number of anilines is 1. The molecule has 0 atom stereocenters. The highest BCUT2D eigenvalue weighted by Crippen LogP contribution is 2.19. The van der Waals surface area contributed by atoms with Gasteiger partial charge < -0.3 is 15.8 Å². The molecular weight excluding hydrogens is 228 g/mol. The molecule has 0 bridgehead atoms. The van der Waals surface area contributed by atoms with E-state index in [4.69, 9.17) is 10.5 Å². The molecule has 1 aromatic carbocycles. The van der Waals surface area contributed by atoms with Crippen LogP contribution in [0.15, 0.2) is 24.3 Å². The Kier molecular flexibility index (Phi) is 5.16. The van der Waals surface area contributed by atoms with Crippen LogP contribution < -0.4 is 11.1 Å². The van der Waals surface area contributed by atoms with E-state index in [9.17, 15) is 4.79 Å². The summed E-state index contributed by atoms with van der Waals surface area (Å²) >= 11 is 0. The lowest BCUT2D eigenvalue weighted by Crippen LogP contribution is -2.34. The summed E-state index contributed by atoms with van der Waals surface area (Å²) in [6, 6.07) is 6.91. The van der Waals surface area contributed by atoms with Crippen molar-refractivity contribution >= 4 is 11.6 Å². The Balaban J connectivity index is 2.48. The van der Waals surface area contributed by atoms with E-state index in [1.54, 1.807) is 31.4 Å². The zero-order valence-corrected chi connectivity index (χ0v) is 11.3. The first-order valence-electron chi connectivity index (χ1n) is 6.07. The van der Waals surface area contributed by atoms with E-state index < -0.39 is 0 Å². The minimum atomic E-state index is -0.0690. The van der Waals surface area contributed by atoms with Crippen molar-refractivity contribution in [1.29, 1.82) is 0 Å². The van der Waals surface area contributed by atoms with Crippen molar-refractivity contribution in [2.24, 2.45) is 5.41 Å². The molecule has 0 heterocycles. The van der Waals surface area contributed by atoms with Crippen LogP contribution >= 0.6 is 0 Å². The van der Waals surface area contributed by atoms with Gasteiger partial charge >= 0.3 is 0 Å². The van der Waals surface area contributed by atoms with Gasteiger partial charge in [0.2, 0.25) is 0 Å². The number of carbonyl (C=O) groups is 1. The summed E-state index contributed by atoms with van der Waals surface area (Å²) < 4.78 is 5.06. The van der Waals surface area contributed by atoms with Crippen LogP contribution in [0.5, 0.6) is 0 Å². The predicted molar refractivity (Wildman–Crippen MR) is 73.5 cm³/mol. The maximum Gasteiger partial charge on any atom is 0.251 e. The Bertz CT molecular complexity index is 385. The third-order valence-corrected chi connectivity index (χ3v) is 2.88. The van der Waals surface area contributed by atoms with Crippen molar-refractivity contribution in [3.8, 4) is 0 Å². The van der Waals surface area contributed by atoms with Crippen LogP contribution in [-0.2, 0) is 4.74 Å². The van der Waals surface area contributed by atoms with Crippen LogP contribution in [0, 0.1) is 5.41 Å². The fourth-order valence-corrected chi connectivity index (χ4v) is 1.52. The zero-order chi connectivity index (χ0) is 13.6. The van der Waals surface area contributed by atoms with Crippen LogP contribution in [0.2, 0.25) is 0 Å². The number of nitrogens with two attached hydrogens (primary N) is 1. The quantitative estimate of drug-likeness (QED) is 0.760. The van der Waals surface area contributed by atoms with E-state index in [0.717, 1.165) is 6.42 Å². The van der Waals surface area contributed by atoms with Gasteiger partial charge in [0.05, 0.1) is 0 Å². The number of nitrogens with one attached hydrogen (secondary N) is 1. The first-order chi connectivity index (χ1) is 8.44. The molecule has 0 spiro atoms. The number of hydrogen-bond acceptors (Lipinski definition) is 3. The predicted octanol–water partition coefficient (Wildman–Crippen LogP) is 2.06. The average molecular weight is 250 g/mol. The van der Waals surface area contributed by atoms with Gasteiger partial charge in [0.1, 0.15) is 0 Å². The lowest BCUT2D eigenvalue weighted by Gasteiger charge is -2.24. The third-order valence-electron chi connectivity index (χ3n) is 2.88. The zero-order valence-electron chi connectivity index (χ0n) is 11.3. The summed E-state index contributed by atoms with van der Waals surface area (Å²) in [4.78, 5) is 11.9. The van der Waals surface area contributed by atoms with Crippen molar-refractivity contribution in [3.63, 3.8) is 0 Å². The topological polar surface area (TPSA) is 64.3 Å². The van der Waals surface area contributed by atoms with Crippen molar-refractivity contribution in [2.45, 2.75) is 20.3 Å². The fraction of sp³-hybridized carbons (Fsp3) is 0.500. The van der Waals surface area contributed by atoms with Crippen LogP contribution in [0.4, 0.5) is 5.69 Å². The molecule has 4 heteroatoms. The van der Waals surface area contributed by atoms with Crippen LogP contribution in [-0.4, -0.2) is 26.2 Å². The number of ether oxygens (including phenoxy) is 1. The molecule has 0 aliphatic rings. The summed E-state index contributed by atoms with van der Waals surface area (Å²) in [6.45, 7) is 5.54. The van der Waals surface area contributed by atoms with Gasteiger partial charge in [-0.2, -0.15) is 0 Å². The molecular formula is C14H22N2O2. The molecule has 0 aromatic heterocycles. The second-order valence-electron chi connectivity index (χ2n) is 5.21. The van der Waals surface area contributed by atoms with Gasteiger partial charge in [-0.05, 0) is 36.1 Å². The van der Waals surface area contributed by atoms with Gasteiger partial charge in [0.25, 0.3) is 5.91 Å². The first-order valence-corrected chi connectivity index (χ1v) is 6.07. The second-order valence-corrected chi connectivity index (χ2v) is 5.21. The van der Waals surface area contributed by atoms with Gasteiger partial charge in [-0.25, -0.2) is 0 Å². The standard InChI is InChI=1S/C14H22N2O2/c1-14(2,8-9-18-3)10-16-13(17)11-4-6-12(15)7-5-11/h4-7H,8-10,15H2,1-3H3,(H,16,17). The number of carbonyl (C=O) groups excluding carboxylic acids is 1. The van der Waals surface area contributed by atoms with Gasteiger partial charge in [-0.3, -0.25) is 4.79 Å². The molecule has 100 valence electrons. The first kappa shape index (κ1) is 14.5. The summed E-state index contributed by atoms with van der Waals surface area (Å²) in [5.41, 5.74) is 6.90. The Morgan fingerprint density at radius 1 is 1.33 bits per heavy atom. The highest BCUT2D eigenvalue weighted by atomic mass is 16.5. The molecule has 0 aliphatic heterocycles. The summed E-state index contributed by atoms with van der Waals surface area (Å²) in [5, 5.41) is 2.93. The molecule has 0 saturated heterocycles. The SMILES string of the molecule is COCCC(C)(C)CNC(=O)c1ccc(N)cc1. The smallest absolute Gasteiger partial charge is 0.251 e. The van der Waals surface area contributed by atoms with Crippen molar-refractivity contribution in [3.05, 3.63) is 29.8 Å². The molecule has 3 N–H and O–H groups in total. The van der Waals surface area contributed by atoms with E-state index in [1.807, 2.05) is 0 Å². The molecule has 0 unspecified atom stereocenters. The Morgan fingerprint density at radius 2 is 1.94 bits per heavy atom. The minimum Gasteiger partial charge on any atom is -0.399 e. The molecule has 0 aliphatic carbocycles. The Morgan fingerprint density at radius 3 is 2.50 bits per heavy atom. The number of rotatable bonds is 6. The number of benzene rings is 1. The summed E-state index contributed by atoms with van der Waals surface area (Å²) in [7, 11) is 1.68. The van der Waals surface area contributed by atoms with E-state index in [0.29, 0.717) is 24.4 Å². The maximum atomic E-state index is 11.9. The monoisotopic (exact) mass is 250 g/mol. The van der Waals surface area contributed by atoms with Crippen molar-refractivity contribution in [2.75, 3.05) is 26.0 Å². The molecule has 1 aromatic rings. The van der Waals surface area contributed by atoms with E-state index in [1.165, 1.54) is 0 Å². The van der Waals surface area contributed by atoms with Crippen LogP contribution in [0.3, 0.4) is 0 Å². The number of nitrogen functional groups attached to an aromatic ring is 1. The van der Waals surface area contributed by atoms with Crippen LogP contribution in [0.25, 0.3) is 0 Å². The fourth-order valence-electron chi connectivity index (χ4n) is 1.52. The summed E-state index contributed by atoms with van der Waals surface area (Å²) in [6.07, 6.45) is 0.908. The molecule has 0 fully saturated rings. The third kappa shape index (κ3) is 4.75. The van der Waals surface area contributed by atoms with Crippen molar-refractivity contribution in [1.82, 2.24) is 5.32 Å². The van der Waals surface area contributed by atoms with Gasteiger partial charge in [-0.1, -0.05) is 13.8 Å². The molecule has 1 amide bonds.